The fourth-order valence-corrected chi connectivity index (χ4v) is 4.88. The maximum atomic E-state index is 14.4. The molecule has 1 aromatic carbocycles. The molecule has 194 valence electrons. The van der Waals surface area contributed by atoms with Gasteiger partial charge in [0, 0.05) is 66.8 Å². The second-order valence-electron chi connectivity index (χ2n) is 9.48. The quantitative estimate of drug-likeness (QED) is 0.362. The molecule has 0 saturated carbocycles. The van der Waals surface area contributed by atoms with Crippen molar-refractivity contribution in [1.82, 2.24) is 29.7 Å². The first-order valence-corrected chi connectivity index (χ1v) is 12.4. The van der Waals surface area contributed by atoms with Crippen molar-refractivity contribution >= 4 is 28.5 Å². The predicted molar refractivity (Wildman–Crippen MR) is 138 cm³/mol. The van der Waals surface area contributed by atoms with Crippen molar-refractivity contribution in [3.63, 3.8) is 0 Å². The molecule has 3 aromatic heterocycles. The number of benzene rings is 1. The minimum Gasteiger partial charge on any atom is -0.350 e. The van der Waals surface area contributed by atoms with Gasteiger partial charge in [-0.2, -0.15) is 0 Å². The van der Waals surface area contributed by atoms with Crippen LogP contribution in [0.4, 0.5) is 4.39 Å². The van der Waals surface area contributed by atoms with Crippen molar-refractivity contribution < 1.29 is 18.8 Å². The molecule has 0 bridgehead atoms. The van der Waals surface area contributed by atoms with E-state index in [1.54, 1.807) is 41.6 Å². The molecule has 1 saturated heterocycles. The molecule has 0 unspecified atom stereocenters. The van der Waals surface area contributed by atoms with Crippen molar-refractivity contribution in [3.05, 3.63) is 89.9 Å². The number of hydrogen-bond acceptors (Lipinski definition) is 6. The monoisotopic (exact) mass is 514 g/mol. The minimum absolute atomic E-state index is 0.0533. The van der Waals surface area contributed by atoms with Crippen LogP contribution in [-0.2, 0) is 29.1 Å². The van der Waals surface area contributed by atoms with Gasteiger partial charge in [-0.3, -0.25) is 19.4 Å². The number of amides is 2. The van der Waals surface area contributed by atoms with Gasteiger partial charge in [-0.15, -0.1) is 0 Å². The Balaban J connectivity index is 1.34. The number of carbonyl (C=O) groups excluding carboxylic acids is 3. The highest BCUT2D eigenvalue weighted by Gasteiger charge is 2.39. The molecule has 1 N–H and O–H groups in total. The number of pyridine rings is 1. The van der Waals surface area contributed by atoms with Gasteiger partial charge in [0.1, 0.15) is 25.1 Å². The number of nitrogens with zero attached hydrogens (tertiary/aromatic N) is 5. The van der Waals surface area contributed by atoms with Crippen LogP contribution in [0.25, 0.3) is 10.9 Å². The first-order chi connectivity index (χ1) is 18.4. The number of alkyl halides is 1. The number of likely N-dealkylation sites (tertiary alicyclic amines) is 1. The maximum Gasteiger partial charge on any atom is 0.243 e. The lowest BCUT2D eigenvalue weighted by molar-refractivity contribution is -0.139. The van der Waals surface area contributed by atoms with E-state index in [1.165, 1.54) is 18.2 Å². The fraction of sp³-hybridized carbons (Fsp3) is 0.286. The third kappa shape index (κ3) is 5.44. The Labute approximate surface area is 218 Å². The van der Waals surface area contributed by atoms with Crippen LogP contribution < -0.4 is 5.32 Å². The van der Waals surface area contributed by atoms with Gasteiger partial charge >= 0.3 is 0 Å². The summed E-state index contributed by atoms with van der Waals surface area (Å²) in [6.07, 6.45) is 9.14. The van der Waals surface area contributed by atoms with Gasteiger partial charge in [0.15, 0.2) is 5.78 Å². The van der Waals surface area contributed by atoms with Crippen LogP contribution >= 0.6 is 0 Å². The summed E-state index contributed by atoms with van der Waals surface area (Å²) < 4.78 is 16.1. The zero-order valence-corrected chi connectivity index (χ0v) is 20.9. The van der Waals surface area contributed by atoms with Gasteiger partial charge in [-0.05, 0) is 41.8 Å². The molecule has 2 atom stereocenters. The van der Waals surface area contributed by atoms with E-state index in [0.29, 0.717) is 17.5 Å². The number of hydrogen-bond donors (Lipinski definition) is 1. The van der Waals surface area contributed by atoms with E-state index >= 15 is 0 Å². The number of rotatable bonds is 8. The molecule has 0 radical (unpaired) electrons. The summed E-state index contributed by atoms with van der Waals surface area (Å²) in [7, 11) is 0. The number of aromatic nitrogens is 4. The Kier molecular flexibility index (Phi) is 7.21. The summed E-state index contributed by atoms with van der Waals surface area (Å²) in [6, 6.07) is 8.42. The van der Waals surface area contributed by atoms with E-state index in [-0.39, 0.29) is 37.7 Å². The van der Waals surface area contributed by atoms with E-state index < -0.39 is 18.1 Å². The Morgan fingerprint density at radius 2 is 1.84 bits per heavy atom. The standard InChI is InChI=1S/C28H27FN6O3/c1-18(36)24-15-34(25-5-4-19(8-23(24)25)7-21-11-31-17-32-12-21)16-27(37)35-14-22(29)9-26(35)28(38)33-13-20-3-2-6-30-10-20/h2-6,8,10-12,15,17,22,26H,7,9,13-14,16H2,1H3,(H,33,38)/t22-,26+/m1/s1. The molecule has 38 heavy (non-hydrogen) atoms. The number of halogens is 1. The van der Waals surface area contributed by atoms with Crippen LogP contribution in [0.2, 0.25) is 0 Å². The highest BCUT2D eigenvalue weighted by Crippen LogP contribution is 2.26. The topological polar surface area (TPSA) is 110 Å². The van der Waals surface area contributed by atoms with E-state index in [1.807, 2.05) is 24.3 Å². The molecule has 0 spiro atoms. The highest BCUT2D eigenvalue weighted by molar-refractivity contribution is 6.07. The Bertz CT molecular complexity index is 1470. The average molecular weight is 515 g/mol. The van der Waals surface area contributed by atoms with Gasteiger partial charge < -0.3 is 14.8 Å². The first-order valence-electron chi connectivity index (χ1n) is 12.4. The SMILES string of the molecule is CC(=O)c1cn(CC(=O)N2C[C@H](F)C[C@H]2C(=O)NCc2cccnc2)c2ccc(Cc3cncnc3)cc12. The lowest BCUT2D eigenvalue weighted by atomic mass is 10.0. The number of fused-ring (bicyclic) bond motifs is 1. The van der Waals surface area contributed by atoms with Crippen LogP contribution in [0, 0.1) is 0 Å². The minimum atomic E-state index is -1.29. The van der Waals surface area contributed by atoms with Gasteiger partial charge in [-0.1, -0.05) is 12.1 Å². The third-order valence-electron chi connectivity index (χ3n) is 6.72. The molecule has 4 heterocycles. The lowest BCUT2D eigenvalue weighted by Crippen LogP contribution is -2.46. The summed E-state index contributed by atoms with van der Waals surface area (Å²) in [5.41, 5.74) is 3.93. The Hall–Kier alpha value is -4.47. The van der Waals surface area contributed by atoms with Crippen molar-refractivity contribution in [3.8, 4) is 0 Å². The van der Waals surface area contributed by atoms with Gasteiger partial charge in [0.25, 0.3) is 0 Å². The number of ketones is 1. The molecule has 9 nitrogen and oxygen atoms in total. The van der Waals surface area contributed by atoms with Crippen LogP contribution in [0.15, 0.2) is 67.6 Å². The van der Waals surface area contributed by atoms with Crippen LogP contribution in [0.5, 0.6) is 0 Å². The van der Waals surface area contributed by atoms with E-state index in [0.717, 1.165) is 22.1 Å². The zero-order valence-electron chi connectivity index (χ0n) is 20.9. The molecule has 2 amide bonds. The van der Waals surface area contributed by atoms with Crippen molar-refractivity contribution in [2.75, 3.05) is 6.54 Å². The van der Waals surface area contributed by atoms with Crippen molar-refractivity contribution in [1.29, 1.82) is 0 Å². The fourth-order valence-electron chi connectivity index (χ4n) is 4.88. The van der Waals surface area contributed by atoms with E-state index in [2.05, 4.69) is 20.3 Å². The second kappa shape index (κ2) is 10.9. The predicted octanol–water partition coefficient (Wildman–Crippen LogP) is 2.88. The van der Waals surface area contributed by atoms with Gasteiger partial charge in [-0.25, -0.2) is 14.4 Å². The molecule has 5 rings (SSSR count). The highest BCUT2D eigenvalue weighted by atomic mass is 19.1. The molecule has 10 heteroatoms. The Morgan fingerprint density at radius 1 is 1.05 bits per heavy atom. The number of nitrogens with one attached hydrogen (secondary N) is 1. The number of carbonyl (C=O) groups is 3. The van der Waals surface area contributed by atoms with Crippen LogP contribution in [0.3, 0.4) is 0 Å². The first kappa shape index (κ1) is 25.2. The number of Topliss-reactive ketones (excluding diaryl/α,β-unsaturated/α-hetero) is 1. The third-order valence-corrected chi connectivity index (χ3v) is 6.72. The normalized spacial score (nSPS) is 17.1. The van der Waals surface area contributed by atoms with Gasteiger partial charge in [0.2, 0.25) is 11.8 Å². The summed E-state index contributed by atoms with van der Waals surface area (Å²) in [5, 5.41) is 3.52. The van der Waals surface area contributed by atoms with Crippen molar-refractivity contribution in [2.24, 2.45) is 0 Å². The zero-order chi connectivity index (χ0) is 26.6. The summed E-state index contributed by atoms with van der Waals surface area (Å²) in [5.74, 6) is -0.915. The smallest absolute Gasteiger partial charge is 0.243 e. The maximum absolute atomic E-state index is 14.4. The largest absolute Gasteiger partial charge is 0.350 e. The van der Waals surface area contributed by atoms with E-state index in [4.69, 9.17) is 0 Å². The van der Waals surface area contributed by atoms with Crippen LogP contribution in [0.1, 0.15) is 40.4 Å². The summed E-state index contributed by atoms with van der Waals surface area (Å²) in [4.78, 5) is 52.0. The Morgan fingerprint density at radius 3 is 2.58 bits per heavy atom. The van der Waals surface area contributed by atoms with Gasteiger partial charge in [0.05, 0.1) is 6.54 Å². The molecule has 0 aliphatic carbocycles. The molecule has 4 aromatic rings. The lowest BCUT2D eigenvalue weighted by Gasteiger charge is -2.24. The molecule has 1 aliphatic heterocycles. The molecular formula is C28H27FN6O3. The second-order valence-corrected chi connectivity index (χ2v) is 9.48. The molecule has 1 aliphatic rings. The average Bonchev–Trinajstić information content (AvgIpc) is 3.49. The van der Waals surface area contributed by atoms with Crippen molar-refractivity contribution in [2.45, 2.75) is 45.1 Å². The summed E-state index contributed by atoms with van der Waals surface area (Å²) >= 11 is 0. The molecular weight excluding hydrogens is 487 g/mol. The van der Waals surface area contributed by atoms with Crippen LogP contribution in [-0.4, -0.2) is 60.8 Å². The molecule has 1 fully saturated rings. The van der Waals surface area contributed by atoms with E-state index in [9.17, 15) is 18.8 Å². The summed E-state index contributed by atoms with van der Waals surface area (Å²) in [6.45, 7) is 1.46.